The van der Waals surface area contributed by atoms with Gasteiger partial charge in [0.1, 0.15) is 0 Å². The van der Waals surface area contributed by atoms with Crippen molar-refractivity contribution in [2.24, 2.45) is 11.8 Å². The van der Waals surface area contributed by atoms with Crippen molar-refractivity contribution in [1.82, 2.24) is 5.32 Å². The molecule has 1 N–H and O–H groups in total. The van der Waals surface area contributed by atoms with E-state index in [4.69, 9.17) is 4.74 Å². The SMILES string of the molecule is CC(C)NCC(C)C(C)CCC1CCCO1. The highest BCUT2D eigenvalue weighted by Crippen LogP contribution is 2.23. The average Bonchev–Trinajstić information content (AvgIpc) is 2.75. The molecule has 0 aromatic heterocycles. The lowest BCUT2D eigenvalue weighted by molar-refractivity contribution is 0.0960. The zero-order valence-corrected chi connectivity index (χ0v) is 11.5. The minimum absolute atomic E-state index is 0.563. The lowest BCUT2D eigenvalue weighted by atomic mass is 9.90. The second-order valence-corrected chi connectivity index (χ2v) is 5.73. The molecule has 0 aromatic carbocycles. The topological polar surface area (TPSA) is 21.3 Å². The van der Waals surface area contributed by atoms with Gasteiger partial charge >= 0.3 is 0 Å². The minimum Gasteiger partial charge on any atom is -0.378 e. The molecule has 0 radical (unpaired) electrons. The van der Waals surface area contributed by atoms with Crippen molar-refractivity contribution in [3.05, 3.63) is 0 Å². The summed E-state index contributed by atoms with van der Waals surface area (Å²) in [6.07, 6.45) is 5.68. The fourth-order valence-electron chi connectivity index (χ4n) is 2.23. The van der Waals surface area contributed by atoms with Crippen LogP contribution in [0.25, 0.3) is 0 Å². The Morgan fingerprint density at radius 1 is 1.19 bits per heavy atom. The molecule has 0 aromatic rings. The first-order chi connectivity index (χ1) is 7.59. The molecule has 1 fully saturated rings. The van der Waals surface area contributed by atoms with Crippen LogP contribution in [0.1, 0.15) is 53.4 Å². The summed E-state index contributed by atoms with van der Waals surface area (Å²) in [5.74, 6) is 1.57. The van der Waals surface area contributed by atoms with Crippen molar-refractivity contribution in [3.8, 4) is 0 Å². The molecule has 1 rings (SSSR count). The van der Waals surface area contributed by atoms with Gasteiger partial charge in [-0.1, -0.05) is 27.7 Å². The van der Waals surface area contributed by atoms with Crippen LogP contribution in [0, 0.1) is 11.8 Å². The summed E-state index contributed by atoms with van der Waals surface area (Å²) in [5.41, 5.74) is 0. The Bertz CT molecular complexity index is 176. The van der Waals surface area contributed by atoms with Crippen LogP contribution in [-0.4, -0.2) is 25.3 Å². The van der Waals surface area contributed by atoms with Crippen molar-refractivity contribution in [3.63, 3.8) is 0 Å². The van der Waals surface area contributed by atoms with Crippen molar-refractivity contribution in [1.29, 1.82) is 0 Å². The van der Waals surface area contributed by atoms with Crippen molar-refractivity contribution >= 4 is 0 Å². The number of nitrogens with one attached hydrogen (secondary N) is 1. The van der Waals surface area contributed by atoms with Crippen molar-refractivity contribution in [2.75, 3.05) is 13.2 Å². The third-order valence-corrected chi connectivity index (χ3v) is 3.79. The van der Waals surface area contributed by atoms with Crippen LogP contribution in [-0.2, 0) is 4.74 Å². The molecule has 0 amide bonds. The number of hydrogen-bond donors (Lipinski definition) is 1. The summed E-state index contributed by atoms with van der Waals surface area (Å²) in [7, 11) is 0. The molecule has 96 valence electrons. The monoisotopic (exact) mass is 227 g/mol. The van der Waals surface area contributed by atoms with E-state index in [1.54, 1.807) is 0 Å². The van der Waals surface area contributed by atoms with E-state index in [9.17, 15) is 0 Å². The lowest BCUT2D eigenvalue weighted by Crippen LogP contribution is -2.30. The largest absolute Gasteiger partial charge is 0.378 e. The predicted octanol–water partition coefficient (Wildman–Crippen LogP) is 3.22. The summed E-state index contributed by atoms with van der Waals surface area (Å²) in [6.45, 7) is 11.3. The number of rotatable bonds is 7. The Kier molecular flexibility index (Phi) is 6.37. The summed E-state index contributed by atoms with van der Waals surface area (Å²) >= 11 is 0. The molecule has 1 aliphatic rings. The van der Waals surface area contributed by atoms with E-state index < -0.39 is 0 Å². The first-order valence-corrected chi connectivity index (χ1v) is 6.94. The molecule has 0 bridgehead atoms. The zero-order chi connectivity index (χ0) is 12.0. The van der Waals surface area contributed by atoms with E-state index in [0.29, 0.717) is 12.1 Å². The van der Waals surface area contributed by atoms with E-state index in [2.05, 4.69) is 33.0 Å². The van der Waals surface area contributed by atoms with Gasteiger partial charge in [0.15, 0.2) is 0 Å². The average molecular weight is 227 g/mol. The smallest absolute Gasteiger partial charge is 0.0576 e. The van der Waals surface area contributed by atoms with Gasteiger partial charge in [0, 0.05) is 12.6 Å². The molecule has 3 unspecified atom stereocenters. The Labute approximate surface area is 101 Å². The fraction of sp³-hybridized carbons (Fsp3) is 1.00. The number of ether oxygens (including phenoxy) is 1. The molecule has 2 heteroatoms. The normalized spacial score (nSPS) is 24.9. The van der Waals surface area contributed by atoms with Crippen LogP contribution in [0.2, 0.25) is 0 Å². The summed E-state index contributed by atoms with van der Waals surface area (Å²) < 4.78 is 5.67. The van der Waals surface area contributed by atoms with Crippen LogP contribution < -0.4 is 5.32 Å². The van der Waals surface area contributed by atoms with Gasteiger partial charge in [-0.2, -0.15) is 0 Å². The minimum atomic E-state index is 0.563. The first-order valence-electron chi connectivity index (χ1n) is 6.94. The van der Waals surface area contributed by atoms with Crippen molar-refractivity contribution < 1.29 is 4.74 Å². The predicted molar refractivity (Wildman–Crippen MR) is 69.7 cm³/mol. The van der Waals surface area contributed by atoms with Gasteiger partial charge in [-0.05, 0) is 44.1 Å². The zero-order valence-electron chi connectivity index (χ0n) is 11.5. The van der Waals surface area contributed by atoms with Crippen LogP contribution >= 0.6 is 0 Å². The second-order valence-electron chi connectivity index (χ2n) is 5.73. The van der Waals surface area contributed by atoms with Gasteiger partial charge in [0.05, 0.1) is 6.10 Å². The van der Waals surface area contributed by atoms with Gasteiger partial charge in [-0.3, -0.25) is 0 Å². The van der Waals surface area contributed by atoms with Gasteiger partial charge in [0.2, 0.25) is 0 Å². The fourth-order valence-corrected chi connectivity index (χ4v) is 2.23. The molecule has 0 aliphatic carbocycles. The Hall–Kier alpha value is -0.0800. The maximum atomic E-state index is 5.67. The molecule has 0 spiro atoms. The van der Waals surface area contributed by atoms with E-state index in [0.717, 1.165) is 25.0 Å². The first kappa shape index (κ1) is 14.0. The quantitative estimate of drug-likeness (QED) is 0.721. The maximum absolute atomic E-state index is 5.67. The summed E-state index contributed by atoms with van der Waals surface area (Å²) in [6, 6.07) is 0.604. The van der Waals surface area contributed by atoms with Crippen LogP contribution in [0.4, 0.5) is 0 Å². The molecular weight excluding hydrogens is 198 g/mol. The summed E-state index contributed by atoms with van der Waals surface area (Å²) in [4.78, 5) is 0. The van der Waals surface area contributed by atoms with Crippen LogP contribution in [0.5, 0.6) is 0 Å². The van der Waals surface area contributed by atoms with E-state index in [1.165, 1.54) is 25.7 Å². The van der Waals surface area contributed by atoms with E-state index in [1.807, 2.05) is 0 Å². The Morgan fingerprint density at radius 3 is 2.50 bits per heavy atom. The maximum Gasteiger partial charge on any atom is 0.0576 e. The molecule has 16 heavy (non-hydrogen) atoms. The third-order valence-electron chi connectivity index (χ3n) is 3.79. The third kappa shape index (κ3) is 5.31. The van der Waals surface area contributed by atoms with E-state index >= 15 is 0 Å². The Balaban J connectivity index is 2.10. The molecule has 1 aliphatic heterocycles. The van der Waals surface area contributed by atoms with Gasteiger partial charge < -0.3 is 10.1 Å². The Morgan fingerprint density at radius 2 is 1.94 bits per heavy atom. The highest BCUT2D eigenvalue weighted by atomic mass is 16.5. The second kappa shape index (κ2) is 7.29. The van der Waals surface area contributed by atoms with Gasteiger partial charge in [-0.25, -0.2) is 0 Å². The molecule has 0 saturated carbocycles. The van der Waals surface area contributed by atoms with Gasteiger partial charge in [0.25, 0.3) is 0 Å². The highest BCUT2D eigenvalue weighted by molar-refractivity contribution is 4.70. The van der Waals surface area contributed by atoms with E-state index in [-0.39, 0.29) is 0 Å². The molecule has 1 saturated heterocycles. The van der Waals surface area contributed by atoms with Crippen molar-refractivity contribution in [2.45, 2.75) is 65.5 Å². The molecular formula is C14H29NO. The highest BCUT2D eigenvalue weighted by Gasteiger charge is 2.18. The van der Waals surface area contributed by atoms with Crippen LogP contribution in [0.3, 0.4) is 0 Å². The molecule has 3 atom stereocenters. The number of hydrogen-bond acceptors (Lipinski definition) is 2. The summed E-state index contributed by atoms with van der Waals surface area (Å²) in [5, 5.41) is 3.52. The van der Waals surface area contributed by atoms with Crippen LogP contribution in [0.15, 0.2) is 0 Å². The molecule has 1 heterocycles. The lowest BCUT2D eigenvalue weighted by Gasteiger charge is -2.22. The molecule has 2 nitrogen and oxygen atoms in total. The van der Waals surface area contributed by atoms with Gasteiger partial charge in [-0.15, -0.1) is 0 Å². The standard InChI is InChI=1S/C14H29NO/c1-11(2)15-10-13(4)12(3)7-8-14-6-5-9-16-14/h11-15H,5-10H2,1-4H3.